The van der Waals surface area contributed by atoms with Crippen LogP contribution < -0.4 is 20.5 Å². The maximum absolute atomic E-state index is 11.3. The second-order valence-electron chi connectivity index (χ2n) is 3.16. The van der Waals surface area contributed by atoms with Crippen LogP contribution >= 0.6 is 12.4 Å². The Morgan fingerprint density at radius 1 is 1.29 bits per heavy atom. The molecule has 96 valence electrons. The Labute approximate surface area is 107 Å². The molecule has 0 atom stereocenters. The van der Waals surface area contributed by atoms with Crippen molar-refractivity contribution in [1.82, 2.24) is 0 Å². The average Bonchev–Trinajstić information content (AvgIpc) is 2.29. The largest absolute Gasteiger partial charge is 0.493 e. The van der Waals surface area contributed by atoms with Crippen molar-refractivity contribution in [2.75, 3.05) is 26.1 Å². The van der Waals surface area contributed by atoms with Crippen molar-refractivity contribution >= 4 is 24.0 Å². The molecule has 0 aliphatic rings. The van der Waals surface area contributed by atoms with Gasteiger partial charge in [-0.25, -0.2) is 0 Å². The van der Waals surface area contributed by atoms with E-state index < -0.39 is 0 Å². The molecule has 17 heavy (non-hydrogen) atoms. The van der Waals surface area contributed by atoms with Gasteiger partial charge in [-0.3, -0.25) is 4.79 Å². The summed E-state index contributed by atoms with van der Waals surface area (Å²) < 4.78 is 10.2. The van der Waals surface area contributed by atoms with Crippen molar-refractivity contribution in [3.8, 4) is 11.5 Å². The fraction of sp³-hybridized carbons (Fsp3) is 0.364. The minimum atomic E-state index is -0.116. The van der Waals surface area contributed by atoms with Crippen LogP contribution in [0.4, 0.5) is 5.69 Å². The number of hydrogen-bond donors (Lipinski definition) is 2. The summed E-state index contributed by atoms with van der Waals surface area (Å²) in [4.78, 5) is 11.3. The molecular weight excluding hydrogens is 244 g/mol. The van der Waals surface area contributed by atoms with Gasteiger partial charge >= 0.3 is 0 Å². The zero-order chi connectivity index (χ0) is 12.0. The number of nitrogens with one attached hydrogen (secondary N) is 1. The van der Waals surface area contributed by atoms with Gasteiger partial charge in [0.25, 0.3) is 0 Å². The van der Waals surface area contributed by atoms with Crippen LogP contribution in [0.1, 0.15) is 6.42 Å². The molecule has 0 heterocycles. The Kier molecular flexibility index (Phi) is 7.09. The minimum Gasteiger partial charge on any atom is -0.493 e. The molecule has 1 amide bonds. The molecule has 1 rings (SSSR count). The number of anilines is 1. The summed E-state index contributed by atoms with van der Waals surface area (Å²) in [6.45, 7) is 0.332. The van der Waals surface area contributed by atoms with Crippen LogP contribution in [0.5, 0.6) is 11.5 Å². The molecule has 1 aromatic rings. The van der Waals surface area contributed by atoms with Gasteiger partial charge in [-0.05, 0) is 12.1 Å². The third-order valence-corrected chi connectivity index (χ3v) is 2.04. The smallest absolute Gasteiger partial charge is 0.225 e. The van der Waals surface area contributed by atoms with Gasteiger partial charge < -0.3 is 20.5 Å². The second kappa shape index (κ2) is 7.76. The standard InChI is InChI=1S/C11H16N2O3.ClH/c1-15-9-4-3-8(7-10(9)16-2)13-11(14)5-6-12;/h3-4,7H,5-6,12H2,1-2H3,(H,13,14);1H. The quantitative estimate of drug-likeness (QED) is 0.840. The molecule has 0 aromatic heterocycles. The number of benzene rings is 1. The van der Waals surface area contributed by atoms with Crippen LogP contribution in [0.15, 0.2) is 18.2 Å². The number of carbonyl (C=O) groups is 1. The Bertz CT molecular complexity index is 372. The monoisotopic (exact) mass is 260 g/mol. The number of hydrogen-bond acceptors (Lipinski definition) is 4. The van der Waals surface area contributed by atoms with Gasteiger partial charge in [0.1, 0.15) is 0 Å². The zero-order valence-electron chi connectivity index (χ0n) is 9.86. The fourth-order valence-electron chi connectivity index (χ4n) is 1.27. The number of methoxy groups -OCH3 is 2. The first-order chi connectivity index (χ1) is 7.71. The molecule has 0 saturated carbocycles. The molecule has 6 heteroatoms. The number of ether oxygens (including phenoxy) is 2. The predicted octanol–water partition coefficient (Wildman–Crippen LogP) is 1.41. The molecule has 0 aliphatic carbocycles. The second-order valence-corrected chi connectivity index (χ2v) is 3.16. The van der Waals surface area contributed by atoms with E-state index in [0.717, 1.165) is 0 Å². The summed E-state index contributed by atoms with van der Waals surface area (Å²) in [5.74, 6) is 1.09. The van der Waals surface area contributed by atoms with Crippen molar-refractivity contribution in [3.05, 3.63) is 18.2 Å². The summed E-state index contributed by atoms with van der Waals surface area (Å²) in [5.41, 5.74) is 5.94. The van der Waals surface area contributed by atoms with Gasteiger partial charge in [0.15, 0.2) is 11.5 Å². The highest BCUT2D eigenvalue weighted by atomic mass is 35.5. The molecular formula is C11H17ClN2O3. The minimum absolute atomic E-state index is 0. The molecule has 0 unspecified atom stereocenters. The Morgan fingerprint density at radius 2 is 1.94 bits per heavy atom. The van der Waals surface area contributed by atoms with Gasteiger partial charge in [0.05, 0.1) is 14.2 Å². The Balaban J connectivity index is 0.00000256. The molecule has 0 aliphatic heterocycles. The van der Waals surface area contributed by atoms with Crippen molar-refractivity contribution < 1.29 is 14.3 Å². The topological polar surface area (TPSA) is 73.6 Å². The number of rotatable bonds is 5. The number of amides is 1. The fourth-order valence-corrected chi connectivity index (χ4v) is 1.27. The van der Waals surface area contributed by atoms with Gasteiger partial charge in [-0.15, -0.1) is 12.4 Å². The van der Waals surface area contributed by atoms with Crippen LogP contribution in [0.25, 0.3) is 0 Å². The van der Waals surface area contributed by atoms with Crippen LogP contribution in [0, 0.1) is 0 Å². The van der Waals surface area contributed by atoms with Crippen molar-refractivity contribution in [1.29, 1.82) is 0 Å². The highest BCUT2D eigenvalue weighted by Gasteiger charge is 2.06. The van der Waals surface area contributed by atoms with Crippen molar-refractivity contribution in [3.63, 3.8) is 0 Å². The lowest BCUT2D eigenvalue weighted by Gasteiger charge is -2.10. The van der Waals surface area contributed by atoms with E-state index >= 15 is 0 Å². The first-order valence-electron chi connectivity index (χ1n) is 4.93. The van der Waals surface area contributed by atoms with Gasteiger partial charge in [0, 0.05) is 24.7 Å². The van der Waals surface area contributed by atoms with E-state index in [0.29, 0.717) is 30.2 Å². The number of carbonyl (C=O) groups excluding carboxylic acids is 1. The first-order valence-corrected chi connectivity index (χ1v) is 4.93. The van der Waals surface area contributed by atoms with Crippen LogP contribution in [-0.4, -0.2) is 26.7 Å². The lowest BCUT2D eigenvalue weighted by Crippen LogP contribution is -2.16. The van der Waals surface area contributed by atoms with E-state index in [9.17, 15) is 4.79 Å². The summed E-state index contributed by atoms with van der Waals surface area (Å²) in [6.07, 6.45) is 0.300. The summed E-state index contributed by atoms with van der Waals surface area (Å²) in [6, 6.07) is 5.18. The molecule has 1 aromatic carbocycles. The van der Waals surface area contributed by atoms with E-state index in [-0.39, 0.29) is 18.3 Å². The van der Waals surface area contributed by atoms with Crippen LogP contribution in [0.3, 0.4) is 0 Å². The Morgan fingerprint density at radius 3 is 2.47 bits per heavy atom. The van der Waals surface area contributed by atoms with E-state index in [4.69, 9.17) is 15.2 Å². The normalized spacial score (nSPS) is 9.12. The molecule has 0 fully saturated rings. The third-order valence-electron chi connectivity index (χ3n) is 2.04. The zero-order valence-corrected chi connectivity index (χ0v) is 10.7. The van der Waals surface area contributed by atoms with Crippen molar-refractivity contribution in [2.45, 2.75) is 6.42 Å². The van der Waals surface area contributed by atoms with E-state index in [1.165, 1.54) is 0 Å². The summed E-state index contributed by atoms with van der Waals surface area (Å²) in [7, 11) is 3.11. The van der Waals surface area contributed by atoms with E-state index in [2.05, 4.69) is 5.32 Å². The molecule has 0 saturated heterocycles. The summed E-state index contributed by atoms with van der Waals surface area (Å²) >= 11 is 0. The predicted molar refractivity (Wildman–Crippen MR) is 69.1 cm³/mol. The van der Waals surface area contributed by atoms with Gasteiger partial charge in [-0.1, -0.05) is 0 Å². The highest BCUT2D eigenvalue weighted by molar-refractivity contribution is 5.91. The SMILES string of the molecule is COc1ccc(NC(=O)CCN)cc1OC.Cl. The molecule has 5 nitrogen and oxygen atoms in total. The molecule has 3 N–H and O–H groups in total. The number of nitrogens with two attached hydrogens (primary N) is 1. The van der Waals surface area contributed by atoms with Gasteiger partial charge in [-0.2, -0.15) is 0 Å². The van der Waals surface area contributed by atoms with Gasteiger partial charge in [0.2, 0.25) is 5.91 Å². The molecule has 0 radical (unpaired) electrons. The molecule has 0 spiro atoms. The van der Waals surface area contributed by atoms with E-state index in [1.54, 1.807) is 32.4 Å². The maximum Gasteiger partial charge on any atom is 0.225 e. The first kappa shape index (κ1) is 15.5. The highest BCUT2D eigenvalue weighted by Crippen LogP contribution is 2.29. The lowest BCUT2D eigenvalue weighted by atomic mass is 10.2. The average molecular weight is 261 g/mol. The lowest BCUT2D eigenvalue weighted by molar-refractivity contribution is -0.116. The molecule has 0 bridgehead atoms. The van der Waals surface area contributed by atoms with Crippen LogP contribution in [-0.2, 0) is 4.79 Å². The summed E-state index contributed by atoms with van der Waals surface area (Å²) in [5, 5.41) is 2.71. The number of halogens is 1. The third kappa shape index (κ3) is 4.50. The maximum atomic E-state index is 11.3. The Hall–Kier alpha value is -1.46. The van der Waals surface area contributed by atoms with Crippen LogP contribution in [0.2, 0.25) is 0 Å². The van der Waals surface area contributed by atoms with Crippen molar-refractivity contribution in [2.24, 2.45) is 5.73 Å². The van der Waals surface area contributed by atoms with E-state index in [1.807, 2.05) is 0 Å².